The molecule has 1 fully saturated rings. The third-order valence-corrected chi connectivity index (χ3v) is 7.20. The lowest BCUT2D eigenvalue weighted by Gasteiger charge is -2.37. The molecule has 5 rings (SSSR count). The van der Waals surface area contributed by atoms with Gasteiger partial charge >= 0.3 is 6.03 Å². The molecule has 43 heavy (non-hydrogen) atoms. The molecule has 4 aromatic carbocycles. The average molecular weight is 584 g/mol. The number of rotatable bonds is 7. The van der Waals surface area contributed by atoms with E-state index in [9.17, 15) is 23.2 Å². The van der Waals surface area contributed by atoms with E-state index in [1.165, 1.54) is 30.3 Å². The topological polar surface area (TPSA) is 85.0 Å². The molecule has 8 nitrogen and oxygen atoms in total. The number of hydrogen-bond acceptors (Lipinski definition) is 4. The predicted molar refractivity (Wildman–Crippen MR) is 162 cm³/mol. The van der Waals surface area contributed by atoms with Crippen LogP contribution in [0, 0.1) is 11.6 Å². The Kier molecular flexibility index (Phi) is 8.95. The molecule has 0 spiro atoms. The first-order valence-electron chi connectivity index (χ1n) is 13.8. The van der Waals surface area contributed by atoms with Crippen LogP contribution in [-0.4, -0.2) is 60.9 Å². The van der Waals surface area contributed by atoms with Crippen molar-refractivity contribution in [1.82, 2.24) is 9.80 Å². The van der Waals surface area contributed by atoms with Crippen molar-refractivity contribution >= 4 is 34.9 Å². The number of carbonyl (C=O) groups is 3. The van der Waals surface area contributed by atoms with Crippen molar-refractivity contribution < 1.29 is 23.2 Å². The molecule has 0 aromatic heterocycles. The van der Waals surface area contributed by atoms with Crippen molar-refractivity contribution in [2.75, 3.05) is 48.8 Å². The minimum absolute atomic E-state index is 0.111. The zero-order valence-electron chi connectivity index (χ0n) is 23.6. The Morgan fingerprint density at radius 1 is 0.791 bits per heavy atom. The van der Waals surface area contributed by atoms with Crippen molar-refractivity contribution in [3.63, 3.8) is 0 Å². The lowest BCUT2D eigenvalue weighted by molar-refractivity contribution is 0.0785. The molecule has 1 aliphatic rings. The van der Waals surface area contributed by atoms with E-state index in [0.29, 0.717) is 49.7 Å². The number of piperazine rings is 1. The number of halogens is 2. The van der Waals surface area contributed by atoms with E-state index in [1.807, 2.05) is 35.2 Å². The number of anilines is 3. The number of hydrogen-bond donors (Lipinski definition) is 2. The molecule has 0 saturated carbocycles. The molecule has 10 heteroatoms. The maximum absolute atomic E-state index is 14.0. The van der Waals surface area contributed by atoms with Gasteiger partial charge in [-0.25, -0.2) is 13.6 Å². The Bertz CT molecular complexity index is 1620. The number of benzene rings is 4. The molecular weight excluding hydrogens is 552 g/mol. The quantitative estimate of drug-likeness (QED) is 0.286. The highest BCUT2D eigenvalue weighted by Gasteiger charge is 2.26. The van der Waals surface area contributed by atoms with E-state index in [-0.39, 0.29) is 17.2 Å². The largest absolute Gasteiger partial charge is 0.367 e. The molecule has 2 N–H and O–H groups in total. The van der Waals surface area contributed by atoms with Gasteiger partial charge in [0.25, 0.3) is 11.8 Å². The van der Waals surface area contributed by atoms with Gasteiger partial charge in [0.15, 0.2) is 0 Å². The van der Waals surface area contributed by atoms with E-state index >= 15 is 0 Å². The fourth-order valence-electron chi connectivity index (χ4n) is 4.94. The Morgan fingerprint density at radius 2 is 1.51 bits per heavy atom. The minimum atomic E-state index is -0.525. The summed E-state index contributed by atoms with van der Waals surface area (Å²) in [5.41, 5.74) is 2.65. The van der Waals surface area contributed by atoms with E-state index in [1.54, 1.807) is 47.2 Å². The van der Waals surface area contributed by atoms with Crippen molar-refractivity contribution in [2.24, 2.45) is 0 Å². The zero-order valence-corrected chi connectivity index (χ0v) is 23.6. The maximum atomic E-state index is 14.0. The first-order chi connectivity index (χ1) is 20.8. The van der Waals surface area contributed by atoms with Gasteiger partial charge in [-0.3, -0.25) is 9.59 Å². The third-order valence-electron chi connectivity index (χ3n) is 7.20. The molecule has 0 unspecified atom stereocenters. The molecule has 4 aromatic rings. The highest BCUT2D eigenvalue weighted by Crippen LogP contribution is 2.28. The van der Waals surface area contributed by atoms with Crippen LogP contribution in [0.4, 0.5) is 30.6 Å². The molecule has 0 bridgehead atoms. The number of nitrogens with zero attached hydrogens (tertiary/aromatic N) is 3. The summed E-state index contributed by atoms with van der Waals surface area (Å²) >= 11 is 0. The maximum Gasteiger partial charge on any atom is 0.322 e. The highest BCUT2D eigenvalue weighted by molar-refractivity contribution is 6.06. The van der Waals surface area contributed by atoms with Crippen molar-refractivity contribution in [2.45, 2.75) is 6.54 Å². The summed E-state index contributed by atoms with van der Waals surface area (Å²) in [6, 6.07) is 25.6. The molecule has 0 aliphatic carbocycles. The van der Waals surface area contributed by atoms with Crippen molar-refractivity contribution in [1.29, 1.82) is 0 Å². The molecular formula is C33H31F2N5O3. The fraction of sp³-hybridized carbons (Fsp3) is 0.182. The molecule has 1 saturated heterocycles. The van der Waals surface area contributed by atoms with Crippen LogP contribution in [0.25, 0.3) is 0 Å². The molecule has 0 radical (unpaired) electrons. The second kappa shape index (κ2) is 13.2. The number of amides is 4. The summed E-state index contributed by atoms with van der Waals surface area (Å²) in [6.07, 6.45) is 0. The van der Waals surface area contributed by atoms with Crippen LogP contribution in [0.2, 0.25) is 0 Å². The predicted octanol–water partition coefficient (Wildman–Crippen LogP) is 5.84. The molecule has 220 valence electrons. The van der Waals surface area contributed by atoms with Crippen molar-refractivity contribution in [3.05, 3.63) is 125 Å². The van der Waals surface area contributed by atoms with Gasteiger partial charge in [0.05, 0.1) is 11.3 Å². The highest BCUT2D eigenvalue weighted by atomic mass is 19.1. The lowest BCUT2D eigenvalue weighted by atomic mass is 10.1. The average Bonchev–Trinajstić information content (AvgIpc) is 3.02. The van der Waals surface area contributed by atoms with Gasteiger partial charge in [-0.1, -0.05) is 48.5 Å². The number of urea groups is 1. The lowest BCUT2D eigenvalue weighted by Crippen LogP contribution is -2.50. The fourth-order valence-corrected chi connectivity index (χ4v) is 4.94. The Hall–Kier alpha value is -5.25. The smallest absolute Gasteiger partial charge is 0.322 e. The summed E-state index contributed by atoms with van der Waals surface area (Å²) in [5.74, 6) is -1.79. The van der Waals surface area contributed by atoms with Crippen molar-refractivity contribution in [3.8, 4) is 0 Å². The number of nitrogens with one attached hydrogen (secondary N) is 2. The SMILES string of the molecule is CN(Cc1ccccc1)C(=O)c1cc(NC(=O)c2cccc(F)c2)ccc1N1CCN(C(=O)Nc2ccccc2F)CC1. The number of carbonyl (C=O) groups excluding carboxylic acids is 3. The van der Waals surface area contributed by atoms with Gasteiger partial charge in [-0.05, 0) is 54.1 Å². The molecule has 1 heterocycles. The summed E-state index contributed by atoms with van der Waals surface area (Å²) in [5, 5.41) is 5.38. The van der Waals surface area contributed by atoms with E-state index in [4.69, 9.17) is 0 Å². The van der Waals surface area contributed by atoms with Crippen LogP contribution in [0.15, 0.2) is 97.1 Å². The van der Waals surface area contributed by atoms with Crippen LogP contribution >= 0.6 is 0 Å². The van der Waals surface area contributed by atoms with Crippen LogP contribution in [-0.2, 0) is 6.54 Å². The van der Waals surface area contributed by atoms with Gasteiger partial charge in [0.1, 0.15) is 11.6 Å². The second-order valence-corrected chi connectivity index (χ2v) is 10.2. The summed E-state index contributed by atoms with van der Waals surface area (Å²) in [4.78, 5) is 44.6. The summed E-state index contributed by atoms with van der Waals surface area (Å²) in [6.45, 7) is 1.95. The van der Waals surface area contributed by atoms with E-state index < -0.39 is 23.6 Å². The van der Waals surface area contributed by atoms with Crippen LogP contribution in [0.5, 0.6) is 0 Å². The second-order valence-electron chi connectivity index (χ2n) is 10.2. The molecule has 1 aliphatic heterocycles. The molecule has 4 amide bonds. The van der Waals surface area contributed by atoms with Gasteiger partial charge in [0, 0.05) is 56.7 Å². The Balaban J connectivity index is 1.35. The number of para-hydroxylation sites is 1. The van der Waals surface area contributed by atoms with E-state index in [2.05, 4.69) is 10.6 Å². The summed E-state index contributed by atoms with van der Waals surface area (Å²) in [7, 11) is 1.71. The first-order valence-corrected chi connectivity index (χ1v) is 13.8. The normalized spacial score (nSPS) is 12.9. The van der Waals surface area contributed by atoms with Crippen LogP contribution < -0.4 is 15.5 Å². The van der Waals surface area contributed by atoms with E-state index in [0.717, 1.165) is 11.6 Å². The van der Waals surface area contributed by atoms with Gasteiger partial charge < -0.3 is 25.3 Å². The summed E-state index contributed by atoms with van der Waals surface area (Å²) < 4.78 is 27.7. The van der Waals surface area contributed by atoms with Crippen LogP contribution in [0.3, 0.4) is 0 Å². The Labute approximate surface area is 248 Å². The van der Waals surface area contributed by atoms with Gasteiger partial charge in [-0.2, -0.15) is 0 Å². The molecule has 0 atom stereocenters. The zero-order chi connectivity index (χ0) is 30.3. The Morgan fingerprint density at radius 3 is 2.23 bits per heavy atom. The first kappa shape index (κ1) is 29.2. The minimum Gasteiger partial charge on any atom is -0.367 e. The third kappa shape index (κ3) is 7.16. The standard InChI is InChI=1S/C33H31F2N5O3/c1-38(22-23-8-3-2-4-9-23)32(42)27-21-26(36-31(41)24-10-7-11-25(34)20-24)14-15-30(27)39-16-18-40(19-17-39)33(43)37-29-13-6-5-12-28(29)35/h2-15,20-21H,16-19,22H2,1H3,(H,36,41)(H,37,43). The monoisotopic (exact) mass is 583 g/mol. The van der Waals surface area contributed by atoms with Gasteiger partial charge in [0.2, 0.25) is 0 Å². The van der Waals surface area contributed by atoms with Gasteiger partial charge in [-0.15, -0.1) is 0 Å². The van der Waals surface area contributed by atoms with Crippen LogP contribution in [0.1, 0.15) is 26.3 Å².